The van der Waals surface area contributed by atoms with Crippen molar-refractivity contribution in [1.29, 1.82) is 0 Å². The van der Waals surface area contributed by atoms with Gasteiger partial charge in [-0.05, 0) is 31.4 Å². The second-order valence-electron chi connectivity index (χ2n) is 5.70. The Labute approximate surface area is 123 Å². The summed E-state index contributed by atoms with van der Waals surface area (Å²) < 4.78 is 6.42. The number of fused-ring (bicyclic) bond motifs is 1. The molecule has 0 aliphatic rings. The first-order valence-electron chi connectivity index (χ1n) is 6.80. The average molecular weight is 288 g/mol. The minimum atomic E-state index is -0.797. The number of para-hydroxylation sites is 1. The van der Waals surface area contributed by atoms with Gasteiger partial charge in [-0.25, -0.2) is 0 Å². The number of rotatable bonds is 4. The van der Waals surface area contributed by atoms with E-state index in [0.29, 0.717) is 5.56 Å². The first-order chi connectivity index (χ1) is 9.90. The molecule has 2 rings (SSSR count). The van der Waals surface area contributed by atoms with Crippen LogP contribution < -0.4 is 11.3 Å². The molecule has 0 fully saturated rings. The van der Waals surface area contributed by atoms with E-state index in [4.69, 9.17) is 10.5 Å². The van der Waals surface area contributed by atoms with Gasteiger partial charge in [0.25, 0.3) is 5.56 Å². The molecule has 5 nitrogen and oxygen atoms in total. The van der Waals surface area contributed by atoms with E-state index in [1.54, 1.807) is 24.5 Å². The van der Waals surface area contributed by atoms with Crippen LogP contribution in [0.15, 0.2) is 35.1 Å². The molecule has 0 aliphatic carbocycles. The number of nitrogens with zero attached hydrogens (tertiary/aromatic N) is 1. The minimum absolute atomic E-state index is 0.159. The maximum atomic E-state index is 12.5. The van der Waals surface area contributed by atoms with Crippen molar-refractivity contribution in [2.45, 2.75) is 26.9 Å². The number of hydrogen-bond acceptors (Lipinski definition) is 4. The Balaban J connectivity index is 2.64. The lowest BCUT2D eigenvalue weighted by molar-refractivity contribution is -0.151. The average Bonchev–Trinajstić information content (AvgIpc) is 2.48. The molecule has 0 saturated heterocycles. The SMILES string of the molecule is COC(=O)C(C)(C)Cn1c(=O)c(CN)cc2ccccc21. The highest BCUT2D eigenvalue weighted by Gasteiger charge is 2.30. The van der Waals surface area contributed by atoms with Gasteiger partial charge in [-0.15, -0.1) is 0 Å². The number of hydrogen-bond donors (Lipinski definition) is 1. The van der Waals surface area contributed by atoms with Gasteiger partial charge in [-0.1, -0.05) is 18.2 Å². The molecule has 1 aromatic heterocycles. The molecule has 1 aromatic carbocycles. The smallest absolute Gasteiger partial charge is 0.313 e. The molecular formula is C16H20N2O3. The summed E-state index contributed by atoms with van der Waals surface area (Å²) in [6.07, 6.45) is 0. The van der Waals surface area contributed by atoms with Crippen molar-refractivity contribution in [3.05, 3.63) is 46.2 Å². The predicted molar refractivity (Wildman–Crippen MR) is 81.9 cm³/mol. The number of nitrogens with two attached hydrogens (primary N) is 1. The Hall–Kier alpha value is -2.14. The van der Waals surface area contributed by atoms with Gasteiger partial charge in [0.15, 0.2) is 0 Å². The standard InChI is InChI=1S/C16H20N2O3/c1-16(2,15(20)21-3)10-18-13-7-5-4-6-11(13)8-12(9-17)14(18)19/h4-8H,9-10,17H2,1-3H3. The van der Waals surface area contributed by atoms with Gasteiger partial charge in [0.2, 0.25) is 0 Å². The fourth-order valence-corrected chi connectivity index (χ4v) is 2.43. The summed E-state index contributed by atoms with van der Waals surface area (Å²) in [5.41, 5.74) is 6.02. The fourth-order valence-electron chi connectivity index (χ4n) is 2.43. The van der Waals surface area contributed by atoms with E-state index < -0.39 is 5.41 Å². The molecule has 0 bridgehead atoms. The van der Waals surface area contributed by atoms with Crippen molar-refractivity contribution in [3.63, 3.8) is 0 Å². The summed E-state index contributed by atoms with van der Waals surface area (Å²) in [5, 5.41) is 0.929. The van der Waals surface area contributed by atoms with Crippen LogP contribution in [0.2, 0.25) is 0 Å². The summed E-state index contributed by atoms with van der Waals surface area (Å²) in [7, 11) is 1.35. The van der Waals surface area contributed by atoms with Crippen molar-refractivity contribution < 1.29 is 9.53 Å². The maximum Gasteiger partial charge on any atom is 0.313 e. The zero-order valence-electron chi connectivity index (χ0n) is 12.6. The van der Waals surface area contributed by atoms with Gasteiger partial charge in [-0.3, -0.25) is 9.59 Å². The number of methoxy groups -OCH3 is 1. The molecule has 2 aromatic rings. The third kappa shape index (κ3) is 2.83. The number of benzene rings is 1. The molecule has 0 spiro atoms. The van der Waals surface area contributed by atoms with Crippen molar-refractivity contribution in [2.24, 2.45) is 11.1 Å². The number of carbonyl (C=O) groups excluding carboxylic acids is 1. The predicted octanol–water partition coefficient (Wildman–Crippen LogP) is 1.66. The van der Waals surface area contributed by atoms with E-state index in [9.17, 15) is 9.59 Å². The Morgan fingerprint density at radius 1 is 1.33 bits per heavy atom. The molecule has 0 atom stereocenters. The highest BCUT2D eigenvalue weighted by atomic mass is 16.5. The van der Waals surface area contributed by atoms with Crippen LogP contribution in [0.1, 0.15) is 19.4 Å². The van der Waals surface area contributed by atoms with Gasteiger partial charge in [0.05, 0.1) is 18.0 Å². The van der Waals surface area contributed by atoms with E-state index in [1.165, 1.54) is 7.11 Å². The van der Waals surface area contributed by atoms with Crippen LogP contribution in [-0.2, 0) is 22.6 Å². The van der Waals surface area contributed by atoms with Gasteiger partial charge in [0, 0.05) is 18.7 Å². The molecule has 2 N–H and O–H groups in total. The zero-order valence-corrected chi connectivity index (χ0v) is 12.6. The van der Waals surface area contributed by atoms with Gasteiger partial charge < -0.3 is 15.0 Å². The van der Waals surface area contributed by atoms with E-state index >= 15 is 0 Å². The minimum Gasteiger partial charge on any atom is -0.469 e. The van der Waals surface area contributed by atoms with Crippen LogP contribution >= 0.6 is 0 Å². The van der Waals surface area contributed by atoms with E-state index in [0.717, 1.165) is 10.9 Å². The van der Waals surface area contributed by atoms with Gasteiger partial charge in [0.1, 0.15) is 0 Å². The number of pyridine rings is 1. The molecule has 0 amide bonds. The Kier molecular flexibility index (Phi) is 4.14. The molecule has 0 saturated carbocycles. The van der Waals surface area contributed by atoms with Crippen LogP contribution in [0.5, 0.6) is 0 Å². The molecule has 112 valence electrons. The number of esters is 1. The fraction of sp³-hybridized carbons (Fsp3) is 0.375. The third-order valence-corrected chi connectivity index (χ3v) is 3.59. The number of carbonyl (C=O) groups is 1. The topological polar surface area (TPSA) is 74.3 Å². The van der Waals surface area contributed by atoms with E-state index in [2.05, 4.69) is 0 Å². The third-order valence-electron chi connectivity index (χ3n) is 3.59. The van der Waals surface area contributed by atoms with E-state index in [-0.39, 0.29) is 24.6 Å². The zero-order chi connectivity index (χ0) is 15.6. The molecule has 0 aliphatic heterocycles. The Morgan fingerprint density at radius 3 is 2.62 bits per heavy atom. The highest BCUT2D eigenvalue weighted by molar-refractivity contribution is 5.80. The number of ether oxygens (including phenoxy) is 1. The van der Waals surface area contributed by atoms with Crippen molar-refractivity contribution in [2.75, 3.05) is 7.11 Å². The quantitative estimate of drug-likeness (QED) is 0.868. The second kappa shape index (κ2) is 5.69. The first kappa shape index (κ1) is 15.3. The Bertz CT molecular complexity index is 732. The molecule has 1 heterocycles. The van der Waals surface area contributed by atoms with Crippen molar-refractivity contribution in [1.82, 2.24) is 4.57 Å². The summed E-state index contributed by atoms with van der Waals surface area (Å²) in [4.78, 5) is 24.4. The summed E-state index contributed by atoms with van der Waals surface area (Å²) in [6, 6.07) is 9.37. The molecule has 5 heteroatoms. The van der Waals surface area contributed by atoms with Gasteiger partial charge >= 0.3 is 5.97 Å². The highest BCUT2D eigenvalue weighted by Crippen LogP contribution is 2.22. The molecule has 0 radical (unpaired) electrons. The van der Waals surface area contributed by atoms with Crippen molar-refractivity contribution in [3.8, 4) is 0 Å². The monoisotopic (exact) mass is 288 g/mol. The van der Waals surface area contributed by atoms with Crippen LogP contribution in [0, 0.1) is 5.41 Å². The summed E-state index contributed by atoms with van der Waals surface area (Å²) >= 11 is 0. The summed E-state index contributed by atoms with van der Waals surface area (Å²) in [5.74, 6) is -0.350. The molecular weight excluding hydrogens is 268 g/mol. The molecule has 0 unspecified atom stereocenters. The van der Waals surface area contributed by atoms with Crippen LogP contribution in [0.4, 0.5) is 0 Å². The maximum absolute atomic E-state index is 12.5. The number of aromatic nitrogens is 1. The lowest BCUT2D eigenvalue weighted by Gasteiger charge is -2.24. The largest absolute Gasteiger partial charge is 0.469 e. The lowest BCUT2D eigenvalue weighted by atomic mass is 9.93. The normalized spacial score (nSPS) is 11.6. The summed E-state index contributed by atoms with van der Waals surface area (Å²) in [6.45, 7) is 3.93. The van der Waals surface area contributed by atoms with Crippen molar-refractivity contribution >= 4 is 16.9 Å². The lowest BCUT2D eigenvalue weighted by Crippen LogP contribution is -2.36. The van der Waals surface area contributed by atoms with Crippen LogP contribution in [0.25, 0.3) is 10.9 Å². The second-order valence-corrected chi connectivity index (χ2v) is 5.70. The van der Waals surface area contributed by atoms with Crippen LogP contribution in [0.3, 0.4) is 0 Å². The Morgan fingerprint density at radius 2 is 2.00 bits per heavy atom. The van der Waals surface area contributed by atoms with Crippen LogP contribution in [-0.4, -0.2) is 17.6 Å². The first-order valence-corrected chi connectivity index (χ1v) is 6.80. The molecule has 21 heavy (non-hydrogen) atoms. The van der Waals surface area contributed by atoms with E-state index in [1.807, 2.05) is 24.3 Å². The van der Waals surface area contributed by atoms with Gasteiger partial charge in [-0.2, -0.15) is 0 Å².